The average Bonchev–Trinajstić information content (AvgIpc) is 3.10. The number of nitrogens with zero attached hydrogens (tertiary/aromatic N) is 1. The van der Waals surface area contributed by atoms with Crippen LogP contribution in [0.15, 0.2) is 29.6 Å². The summed E-state index contributed by atoms with van der Waals surface area (Å²) < 4.78 is 0. The Morgan fingerprint density at radius 1 is 1.43 bits per heavy atom. The maximum Gasteiger partial charge on any atom is 0.230 e. The summed E-state index contributed by atoms with van der Waals surface area (Å²) in [6.07, 6.45) is 0.884. The molecule has 1 aliphatic rings. The molecule has 1 aromatic carbocycles. The number of anilines is 1. The molecule has 2 N–H and O–H groups in total. The molecule has 0 bridgehead atoms. The SMILES string of the molecule is Cl.O=C(Nc1nc(-c2ccccc2Cl)cs1)C1CCNC1. The molecule has 3 rings (SSSR count). The highest BCUT2D eigenvalue weighted by Gasteiger charge is 2.23. The standard InChI is InChI=1S/C14H14ClN3OS.ClH/c15-11-4-2-1-3-10(11)12-8-20-14(17-12)18-13(19)9-5-6-16-7-9;/h1-4,8-9,16H,5-7H2,(H,17,18,19);1H. The number of aromatic nitrogens is 1. The van der Waals surface area contributed by atoms with E-state index in [-0.39, 0.29) is 24.2 Å². The van der Waals surface area contributed by atoms with Crippen molar-refractivity contribution in [3.05, 3.63) is 34.7 Å². The number of hydrogen-bond donors (Lipinski definition) is 2. The first-order valence-electron chi connectivity index (χ1n) is 6.46. The third-order valence-corrected chi connectivity index (χ3v) is 4.40. The second kappa shape index (κ2) is 7.22. The molecule has 1 saturated heterocycles. The lowest BCUT2D eigenvalue weighted by molar-refractivity contribution is -0.119. The topological polar surface area (TPSA) is 54.0 Å². The highest BCUT2D eigenvalue weighted by Crippen LogP contribution is 2.30. The predicted molar refractivity (Wildman–Crippen MR) is 89.4 cm³/mol. The van der Waals surface area contributed by atoms with Crippen LogP contribution in [0.4, 0.5) is 5.13 Å². The van der Waals surface area contributed by atoms with Crippen molar-refractivity contribution in [1.82, 2.24) is 10.3 Å². The molecule has 112 valence electrons. The zero-order valence-corrected chi connectivity index (χ0v) is 13.5. The molecule has 1 aromatic heterocycles. The molecule has 2 aromatic rings. The molecule has 0 radical (unpaired) electrons. The first kappa shape index (κ1) is 16.2. The molecule has 1 unspecified atom stereocenters. The summed E-state index contributed by atoms with van der Waals surface area (Å²) in [4.78, 5) is 16.5. The number of nitrogens with one attached hydrogen (secondary N) is 2. The highest BCUT2D eigenvalue weighted by atomic mass is 35.5. The van der Waals surface area contributed by atoms with Gasteiger partial charge in [-0.25, -0.2) is 4.98 Å². The van der Waals surface area contributed by atoms with Gasteiger partial charge in [0.05, 0.1) is 11.6 Å². The second-order valence-corrected chi connectivity index (χ2v) is 5.96. The lowest BCUT2D eigenvalue weighted by Crippen LogP contribution is -2.24. The van der Waals surface area contributed by atoms with Gasteiger partial charge in [-0.05, 0) is 19.0 Å². The number of thiazole rings is 1. The number of benzene rings is 1. The molecule has 0 spiro atoms. The van der Waals surface area contributed by atoms with E-state index in [1.54, 1.807) is 0 Å². The van der Waals surface area contributed by atoms with Crippen LogP contribution in [0.25, 0.3) is 11.3 Å². The Balaban J connectivity index is 0.00000161. The van der Waals surface area contributed by atoms with E-state index >= 15 is 0 Å². The first-order chi connectivity index (χ1) is 9.74. The molecule has 1 amide bonds. The van der Waals surface area contributed by atoms with Gasteiger partial charge in [0.15, 0.2) is 5.13 Å². The predicted octanol–water partition coefficient (Wildman–Crippen LogP) is 3.43. The van der Waals surface area contributed by atoms with Crippen molar-refractivity contribution < 1.29 is 4.79 Å². The van der Waals surface area contributed by atoms with Gasteiger partial charge in [-0.1, -0.05) is 29.8 Å². The van der Waals surface area contributed by atoms with Crippen LogP contribution in [0, 0.1) is 5.92 Å². The summed E-state index contributed by atoms with van der Waals surface area (Å²) in [5, 5.41) is 9.25. The fraction of sp³-hybridized carbons (Fsp3) is 0.286. The van der Waals surface area contributed by atoms with Gasteiger partial charge in [-0.2, -0.15) is 0 Å². The summed E-state index contributed by atoms with van der Waals surface area (Å²) in [6.45, 7) is 1.65. The van der Waals surface area contributed by atoms with E-state index in [2.05, 4.69) is 15.6 Å². The fourth-order valence-corrected chi connectivity index (χ4v) is 3.16. The van der Waals surface area contributed by atoms with Crippen LogP contribution in [-0.2, 0) is 4.79 Å². The maximum absolute atomic E-state index is 12.0. The number of carbonyl (C=O) groups is 1. The lowest BCUT2D eigenvalue weighted by Gasteiger charge is -2.06. The van der Waals surface area contributed by atoms with Crippen LogP contribution >= 0.6 is 35.3 Å². The lowest BCUT2D eigenvalue weighted by atomic mass is 10.1. The van der Waals surface area contributed by atoms with E-state index in [0.717, 1.165) is 30.8 Å². The molecule has 1 fully saturated rings. The van der Waals surface area contributed by atoms with Crippen LogP contribution < -0.4 is 10.6 Å². The van der Waals surface area contributed by atoms with Crippen molar-refractivity contribution in [2.75, 3.05) is 18.4 Å². The van der Waals surface area contributed by atoms with Crippen molar-refractivity contribution in [2.24, 2.45) is 5.92 Å². The largest absolute Gasteiger partial charge is 0.316 e. The second-order valence-electron chi connectivity index (χ2n) is 4.70. The molecule has 4 nitrogen and oxygen atoms in total. The highest BCUT2D eigenvalue weighted by molar-refractivity contribution is 7.14. The van der Waals surface area contributed by atoms with Crippen LogP contribution in [0.2, 0.25) is 5.02 Å². The minimum atomic E-state index is 0. The fourth-order valence-electron chi connectivity index (χ4n) is 2.21. The molecule has 21 heavy (non-hydrogen) atoms. The van der Waals surface area contributed by atoms with Crippen LogP contribution in [-0.4, -0.2) is 24.0 Å². The van der Waals surface area contributed by atoms with Crippen LogP contribution in [0.5, 0.6) is 0 Å². The number of rotatable bonds is 3. The monoisotopic (exact) mass is 343 g/mol. The van der Waals surface area contributed by atoms with E-state index < -0.39 is 0 Å². The Labute approximate surface area is 138 Å². The van der Waals surface area contributed by atoms with Crippen molar-refractivity contribution in [3.63, 3.8) is 0 Å². The van der Waals surface area contributed by atoms with E-state index in [0.29, 0.717) is 10.2 Å². The summed E-state index contributed by atoms with van der Waals surface area (Å²) in [7, 11) is 0. The molecular formula is C14H15Cl2N3OS. The molecule has 1 aliphatic heterocycles. The van der Waals surface area contributed by atoms with Gasteiger partial charge in [-0.3, -0.25) is 4.79 Å². The van der Waals surface area contributed by atoms with Gasteiger partial charge in [0.2, 0.25) is 5.91 Å². The van der Waals surface area contributed by atoms with Crippen molar-refractivity contribution >= 4 is 46.4 Å². The van der Waals surface area contributed by atoms with Gasteiger partial charge >= 0.3 is 0 Å². The van der Waals surface area contributed by atoms with E-state index in [9.17, 15) is 4.79 Å². The number of hydrogen-bond acceptors (Lipinski definition) is 4. The zero-order valence-electron chi connectivity index (χ0n) is 11.1. The normalized spacial score (nSPS) is 17.3. The summed E-state index contributed by atoms with van der Waals surface area (Å²) >= 11 is 7.56. The van der Waals surface area contributed by atoms with Crippen molar-refractivity contribution in [2.45, 2.75) is 6.42 Å². The smallest absolute Gasteiger partial charge is 0.230 e. The summed E-state index contributed by atoms with van der Waals surface area (Å²) in [5.41, 5.74) is 1.67. The van der Waals surface area contributed by atoms with Gasteiger partial charge in [0, 0.05) is 22.5 Å². The van der Waals surface area contributed by atoms with Crippen LogP contribution in [0.3, 0.4) is 0 Å². The molecule has 1 atom stereocenters. The molecule has 0 saturated carbocycles. The Hall–Kier alpha value is -1.14. The van der Waals surface area contributed by atoms with Gasteiger partial charge in [0.25, 0.3) is 0 Å². The van der Waals surface area contributed by atoms with E-state index in [1.807, 2.05) is 29.6 Å². The van der Waals surface area contributed by atoms with Crippen molar-refractivity contribution in [3.8, 4) is 11.3 Å². The van der Waals surface area contributed by atoms with E-state index in [4.69, 9.17) is 11.6 Å². The Bertz CT molecular complexity index is 626. The quantitative estimate of drug-likeness (QED) is 0.897. The minimum absolute atomic E-state index is 0. The number of carbonyl (C=O) groups excluding carboxylic acids is 1. The Kier molecular flexibility index (Phi) is 5.58. The molecule has 0 aliphatic carbocycles. The first-order valence-corrected chi connectivity index (χ1v) is 7.72. The third-order valence-electron chi connectivity index (χ3n) is 3.32. The number of amides is 1. The van der Waals surface area contributed by atoms with Gasteiger partial charge < -0.3 is 10.6 Å². The molecular weight excluding hydrogens is 329 g/mol. The minimum Gasteiger partial charge on any atom is -0.316 e. The van der Waals surface area contributed by atoms with Gasteiger partial charge in [-0.15, -0.1) is 23.7 Å². The zero-order chi connectivity index (χ0) is 13.9. The maximum atomic E-state index is 12.0. The summed E-state index contributed by atoms with van der Waals surface area (Å²) in [5.74, 6) is 0.0812. The van der Waals surface area contributed by atoms with Crippen LogP contribution in [0.1, 0.15) is 6.42 Å². The average molecular weight is 344 g/mol. The number of halogens is 2. The Morgan fingerprint density at radius 2 is 2.24 bits per heavy atom. The van der Waals surface area contributed by atoms with E-state index in [1.165, 1.54) is 11.3 Å². The van der Waals surface area contributed by atoms with Crippen molar-refractivity contribution in [1.29, 1.82) is 0 Å². The molecule has 2 heterocycles. The van der Waals surface area contributed by atoms with Gasteiger partial charge in [0.1, 0.15) is 0 Å². The molecule has 7 heteroatoms. The third kappa shape index (κ3) is 3.74. The Morgan fingerprint density at radius 3 is 2.95 bits per heavy atom. The summed E-state index contributed by atoms with van der Waals surface area (Å²) in [6, 6.07) is 7.56.